The topological polar surface area (TPSA) is 130 Å². The molecule has 1 aliphatic heterocycles. The van der Waals surface area contributed by atoms with Gasteiger partial charge in [0.2, 0.25) is 0 Å². The number of thiazole rings is 1. The summed E-state index contributed by atoms with van der Waals surface area (Å²) in [5.74, 6) is 0.578. The number of nitro groups is 2. The zero-order valence-electron chi connectivity index (χ0n) is 24.0. The molecule has 12 heteroatoms. The lowest BCUT2D eigenvalue weighted by Crippen LogP contribution is -2.38. The van der Waals surface area contributed by atoms with Gasteiger partial charge in [-0.05, 0) is 86.9 Å². The van der Waals surface area contributed by atoms with Gasteiger partial charge in [-0.2, -0.15) is 0 Å². The average molecular weight is 696 g/mol. The molecule has 2 aliphatic rings. The van der Waals surface area contributed by atoms with Crippen molar-refractivity contribution in [2.45, 2.75) is 25.5 Å². The van der Waals surface area contributed by atoms with Gasteiger partial charge in [-0.1, -0.05) is 53.8 Å². The third kappa shape index (κ3) is 5.46. The number of halogens is 1. The summed E-state index contributed by atoms with van der Waals surface area (Å²) in [7, 11) is 0. The Labute approximate surface area is 273 Å². The highest BCUT2D eigenvalue weighted by molar-refractivity contribution is 9.10. The van der Waals surface area contributed by atoms with Gasteiger partial charge in [-0.15, -0.1) is 0 Å². The summed E-state index contributed by atoms with van der Waals surface area (Å²) in [6, 6.07) is 25.7. The van der Waals surface area contributed by atoms with Crippen molar-refractivity contribution in [1.29, 1.82) is 0 Å². The van der Waals surface area contributed by atoms with Crippen molar-refractivity contribution in [3.05, 3.63) is 169 Å². The molecule has 0 fully saturated rings. The van der Waals surface area contributed by atoms with Crippen molar-refractivity contribution in [2.75, 3.05) is 0 Å². The molecule has 0 N–H and O–H groups in total. The molecule has 0 bridgehead atoms. The number of hydrogen-bond donors (Lipinski definition) is 0. The molecule has 0 amide bonds. The lowest BCUT2D eigenvalue weighted by Gasteiger charge is -2.30. The van der Waals surface area contributed by atoms with Crippen LogP contribution in [0.3, 0.4) is 0 Å². The van der Waals surface area contributed by atoms with E-state index in [4.69, 9.17) is 9.73 Å². The Bertz CT molecular complexity index is 2280. The van der Waals surface area contributed by atoms with Crippen LogP contribution in [0, 0.1) is 20.2 Å². The van der Waals surface area contributed by atoms with E-state index in [1.165, 1.54) is 35.1 Å². The molecule has 0 spiro atoms. The van der Waals surface area contributed by atoms with Gasteiger partial charge in [-0.3, -0.25) is 29.6 Å². The highest BCUT2D eigenvalue weighted by atomic mass is 79.9. The number of aryl methyl sites for hydroxylation is 1. The van der Waals surface area contributed by atoms with Gasteiger partial charge in [0.25, 0.3) is 16.9 Å². The molecule has 1 atom stereocenters. The zero-order valence-corrected chi connectivity index (χ0v) is 26.4. The Morgan fingerprint density at radius 1 is 0.935 bits per heavy atom. The van der Waals surface area contributed by atoms with E-state index in [2.05, 4.69) is 22.0 Å². The number of aromatic nitrogens is 1. The monoisotopic (exact) mass is 694 g/mol. The molecule has 0 radical (unpaired) electrons. The number of non-ortho nitro benzene ring substituents is 2. The maximum atomic E-state index is 14.1. The number of fused-ring (bicyclic) bond motifs is 3. The summed E-state index contributed by atoms with van der Waals surface area (Å²) < 4.78 is 8.75. The fourth-order valence-electron chi connectivity index (χ4n) is 5.88. The van der Waals surface area contributed by atoms with E-state index in [1.807, 2.05) is 36.4 Å². The Kier molecular flexibility index (Phi) is 7.67. The minimum absolute atomic E-state index is 0.0148. The van der Waals surface area contributed by atoms with Crippen molar-refractivity contribution in [3.63, 3.8) is 0 Å². The predicted octanol–water partition coefficient (Wildman–Crippen LogP) is 6.48. The Balaban J connectivity index is 1.27. The minimum Gasteiger partial charge on any atom is -0.488 e. The van der Waals surface area contributed by atoms with Crippen molar-refractivity contribution in [2.24, 2.45) is 4.99 Å². The van der Waals surface area contributed by atoms with Crippen molar-refractivity contribution >= 4 is 50.4 Å². The smallest absolute Gasteiger partial charge is 0.271 e. The Morgan fingerprint density at radius 2 is 1.72 bits per heavy atom. The number of hydrogen-bond acceptors (Lipinski definition) is 8. The van der Waals surface area contributed by atoms with Crippen LogP contribution in [0.2, 0.25) is 0 Å². The number of nitrogens with zero attached hydrogens (tertiary/aromatic N) is 4. The van der Waals surface area contributed by atoms with Crippen LogP contribution < -0.4 is 19.6 Å². The van der Waals surface area contributed by atoms with Crippen molar-refractivity contribution in [3.8, 4) is 5.75 Å². The third-order valence-corrected chi connectivity index (χ3v) is 9.67. The van der Waals surface area contributed by atoms with Crippen LogP contribution in [0.15, 0.2) is 111 Å². The molecular weight excluding hydrogens is 672 g/mol. The van der Waals surface area contributed by atoms with E-state index in [0.717, 1.165) is 34.4 Å². The predicted molar refractivity (Wildman–Crippen MR) is 177 cm³/mol. The molecule has 5 aromatic rings. The first-order valence-corrected chi connectivity index (χ1v) is 15.9. The van der Waals surface area contributed by atoms with Crippen LogP contribution in [0.4, 0.5) is 11.4 Å². The molecule has 0 saturated carbocycles. The maximum Gasteiger partial charge on any atom is 0.271 e. The molecule has 4 aromatic carbocycles. The molecule has 10 nitrogen and oxygen atoms in total. The third-order valence-electron chi connectivity index (χ3n) is 8.06. The van der Waals surface area contributed by atoms with Gasteiger partial charge >= 0.3 is 0 Å². The summed E-state index contributed by atoms with van der Waals surface area (Å²) in [6.07, 6.45) is 3.27. The van der Waals surface area contributed by atoms with Crippen LogP contribution in [-0.2, 0) is 13.0 Å². The van der Waals surface area contributed by atoms with Crippen molar-refractivity contribution < 1.29 is 14.6 Å². The molecular formula is C34H23BrN4O6S. The molecule has 0 saturated heterocycles. The first-order valence-electron chi connectivity index (χ1n) is 14.3. The largest absolute Gasteiger partial charge is 0.488 e. The number of benzene rings is 4. The standard InChI is InChI=1S/C34H23BrN4O6S/c35-28-16-21(10-15-29(28)45-19-20-8-12-24(13-9-20)38(41)42)17-30-33(40)37-32(23-5-3-6-25(18-23)39(43)44)27-14-11-22-4-1-2-7-26(22)31(27)36-34(37)46-30/h1-10,12-13,15-18,32H,11,14,19H2/b30-17+/t32-/m0/s1. The van der Waals surface area contributed by atoms with E-state index in [9.17, 15) is 25.0 Å². The molecule has 2 heterocycles. The second kappa shape index (κ2) is 12.0. The maximum absolute atomic E-state index is 14.1. The highest BCUT2D eigenvalue weighted by Gasteiger charge is 2.33. The zero-order chi connectivity index (χ0) is 31.9. The molecule has 228 valence electrons. The van der Waals surface area contributed by atoms with Gasteiger partial charge < -0.3 is 4.74 Å². The van der Waals surface area contributed by atoms with Crippen LogP contribution in [0.5, 0.6) is 5.75 Å². The Morgan fingerprint density at radius 3 is 2.48 bits per heavy atom. The second-order valence-electron chi connectivity index (χ2n) is 10.9. The first kappa shape index (κ1) is 29.5. The second-order valence-corrected chi connectivity index (χ2v) is 12.7. The van der Waals surface area contributed by atoms with Crippen molar-refractivity contribution in [1.82, 2.24) is 4.57 Å². The number of rotatable bonds is 7. The van der Waals surface area contributed by atoms with Gasteiger partial charge in [0.15, 0.2) is 4.80 Å². The van der Waals surface area contributed by atoms with E-state index < -0.39 is 15.9 Å². The normalized spacial score (nSPS) is 15.4. The SMILES string of the molecule is O=c1/c(=C\c2ccc(OCc3ccc([N+](=O)[O-])cc3)c(Br)c2)sc2n1[C@@H](c1cccc([N+](=O)[O-])c1)C1=C(N=2)c2ccccc2CC1. The number of ether oxygens (including phenoxy) is 1. The van der Waals surface area contributed by atoms with Gasteiger partial charge in [0.05, 0.1) is 30.6 Å². The van der Waals surface area contributed by atoms with Gasteiger partial charge in [0, 0.05) is 29.8 Å². The van der Waals surface area contributed by atoms with E-state index in [1.54, 1.807) is 41.0 Å². The van der Waals surface area contributed by atoms with Crippen LogP contribution in [0.1, 0.15) is 40.3 Å². The summed E-state index contributed by atoms with van der Waals surface area (Å²) in [6.45, 7) is 0.222. The highest BCUT2D eigenvalue weighted by Crippen LogP contribution is 2.41. The summed E-state index contributed by atoms with van der Waals surface area (Å²) in [5, 5.41) is 22.6. The number of nitro benzene ring substituents is 2. The van der Waals surface area contributed by atoms with Crippen LogP contribution in [0.25, 0.3) is 11.8 Å². The summed E-state index contributed by atoms with van der Waals surface area (Å²) in [4.78, 5) is 41.3. The molecule has 7 rings (SSSR count). The first-order chi connectivity index (χ1) is 22.3. The minimum atomic E-state index is -0.524. The van der Waals surface area contributed by atoms with E-state index >= 15 is 0 Å². The fraction of sp³-hybridized carbons (Fsp3) is 0.118. The van der Waals surface area contributed by atoms with Gasteiger partial charge in [-0.25, -0.2) is 4.99 Å². The molecule has 46 heavy (non-hydrogen) atoms. The fourth-order valence-corrected chi connectivity index (χ4v) is 7.39. The molecule has 1 aliphatic carbocycles. The summed E-state index contributed by atoms with van der Waals surface area (Å²) in [5.41, 5.74) is 5.97. The lowest BCUT2D eigenvalue weighted by atomic mass is 9.83. The Hall–Kier alpha value is -5.20. The van der Waals surface area contributed by atoms with Crippen LogP contribution >= 0.6 is 27.3 Å². The lowest BCUT2D eigenvalue weighted by molar-refractivity contribution is -0.385. The van der Waals surface area contributed by atoms with E-state index in [0.29, 0.717) is 31.5 Å². The molecule has 0 unspecified atom stereocenters. The summed E-state index contributed by atoms with van der Waals surface area (Å²) >= 11 is 4.84. The quantitative estimate of drug-likeness (QED) is 0.142. The van der Waals surface area contributed by atoms with E-state index in [-0.39, 0.29) is 23.5 Å². The van der Waals surface area contributed by atoms with Gasteiger partial charge in [0.1, 0.15) is 12.4 Å². The average Bonchev–Trinajstić information content (AvgIpc) is 3.37. The van der Waals surface area contributed by atoms with Crippen LogP contribution in [-0.4, -0.2) is 14.4 Å². The number of allylic oxidation sites excluding steroid dienone is 1. The molecule has 1 aromatic heterocycles.